The maximum absolute atomic E-state index is 13.1. The summed E-state index contributed by atoms with van der Waals surface area (Å²) in [6.45, 7) is 0.380. The van der Waals surface area contributed by atoms with Crippen LogP contribution in [0.2, 0.25) is 10.0 Å². The average molecular weight is 550 g/mol. The van der Waals surface area contributed by atoms with E-state index in [1.165, 1.54) is 12.0 Å². The Morgan fingerprint density at radius 3 is 2.41 bits per heavy atom. The molecule has 0 atom stereocenters. The number of amides is 2. The summed E-state index contributed by atoms with van der Waals surface area (Å²) in [6, 6.07) is 24.4. The number of nitrogens with zero attached hydrogens (tertiary/aromatic N) is 1. The van der Waals surface area contributed by atoms with Crippen molar-refractivity contribution >= 4 is 63.0 Å². The van der Waals surface area contributed by atoms with E-state index in [-0.39, 0.29) is 24.3 Å². The van der Waals surface area contributed by atoms with Crippen LogP contribution in [0.1, 0.15) is 16.7 Å². The number of fused-ring (bicyclic) bond motifs is 1. The summed E-state index contributed by atoms with van der Waals surface area (Å²) in [5, 5.41) is 2.82. The number of hydrogen-bond donors (Lipinski definition) is 0. The first kappa shape index (κ1) is 25.2. The van der Waals surface area contributed by atoms with Crippen molar-refractivity contribution in [3.05, 3.63) is 111 Å². The number of carbonyl (C=O) groups excluding carboxylic acids is 2. The van der Waals surface area contributed by atoms with Crippen LogP contribution in [-0.4, -0.2) is 23.2 Å². The molecule has 2 amide bonds. The normalized spacial score (nSPS) is 14.6. The van der Waals surface area contributed by atoms with E-state index in [0.717, 1.165) is 28.1 Å². The molecule has 1 aliphatic rings. The van der Waals surface area contributed by atoms with Crippen LogP contribution in [0, 0.1) is 0 Å². The third-order valence-electron chi connectivity index (χ3n) is 6.00. The molecule has 4 aromatic rings. The predicted molar refractivity (Wildman–Crippen MR) is 149 cm³/mol. The van der Waals surface area contributed by atoms with Gasteiger partial charge in [0.2, 0.25) is 0 Å². The average Bonchev–Trinajstić information content (AvgIpc) is 3.16. The van der Waals surface area contributed by atoms with Crippen molar-refractivity contribution in [1.82, 2.24) is 4.90 Å². The first-order chi connectivity index (χ1) is 17.9. The first-order valence-electron chi connectivity index (χ1n) is 11.4. The highest BCUT2D eigenvalue weighted by molar-refractivity contribution is 8.18. The number of thioether (sulfide) groups is 1. The molecule has 1 fully saturated rings. The summed E-state index contributed by atoms with van der Waals surface area (Å²) in [6.07, 6.45) is 1.69. The van der Waals surface area contributed by atoms with Gasteiger partial charge in [0.1, 0.15) is 6.61 Å². The van der Waals surface area contributed by atoms with Gasteiger partial charge in [-0.25, -0.2) is 0 Å². The number of methoxy groups -OCH3 is 1. The van der Waals surface area contributed by atoms with E-state index >= 15 is 0 Å². The van der Waals surface area contributed by atoms with Crippen LogP contribution in [0.25, 0.3) is 16.8 Å². The van der Waals surface area contributed by atoms with Gasteiger partial charge >= 0.3 is 0 Å². The minimum absolute atomic E-state index is 0.168. The molecule has 1 aliphatic heterocycles. The molecule has 0 unspecified atom stereocenters. The van der Waals surface area contributed by atoms with Crippen LogP contribution in [0.3, 0.4) is 0 Å². The Balaban J connectivity index is 1.34. The number of hydrogen-bond acceptors (Lipinski definition) is 5. The van der Waals surface area contributed by atoms with Crippen molar-refractivity contribution in [2.75, 3.05) is 7.11 Å². The van der Waals surface area contributed by atoms with Gasteiger partial charge in [0.15, 0.2) is 11.5 Å². The maximum Gasteiger partial charge on any atom is 0.293 e. The van der Waals surface area contributed by atoms with Gasteiger partial charge in [0, 0.05) is 15.6 Å². The predicted octanol–water partition coefficient (Wildman–Crippen LogP) is 7.97. The van der Waals surface area contributed by atoms with Gasteiger partial charge in [-0.3, -0.25) is 14.5 Å². The highest BCUT2D eigenvalue weighted by Gasteiger charge is 2.35. The van der Waals surface area contributed by atoms with Crippen LogP contribution in [-0.2, 0) is 17.9 Å². The molecule has 4 aromatic carbocycles. The molecule has 37 heavy (non-hydrogen) atoms. The Kier molecular flexibility index (Phi) is 7.42. The van der Waals surface area contributed by atoms with Gasteiger partial charge in [-0.2, -0.15) is 0 Å². The lowest BCUT2D eigenvalue weighted by Gasteiger charge is -2.14. The summed E-state index contributed by atoms with van der Waals surface area (Å²) in [5.74, 6) is 0.655. The van der Waals surface area contributed by atoms with E-state index < -0.39 is 0 Å². The van der Waals surface area contributed by atoms with Crippen molar-refractivity contribution in [2.45, 2.75) is 13.2 Å². The zero-order chi connectivity index (χ0) is 25.9. The second-order valence-corrected chi connectivity index (χ2v) is 10.1. The van der Waals surface area contributed by atoms with Gasteiger partial charge in [0.25, 0.3) is 11.1 Å². The summed E-state index contributed by atoms with van der Waals surface area (Å²) in [4.78, 5) is 27.5. The Bertz CT molecular complexity index is 1530. The maximum atomic E-state index is 13.1. The lowest BCUT2D eigenvalue weighted by molar-refractivity contribution is -0.123. The number of imide groups is 1. The molecule has 186 valence electrons. The third kappa shape index (κ3) is 5.32. The standard InChI is InChI=1S/C29H21Cl2NO4S/c1-35-26-14-18(12-13-25(26)36-17-22-23(30)10-5-11-24(22)31)15-27-28(33)32(29(34)37-27)16-20-8-4-7-19-6-2-3-9-21(19)20/h2-15H,16-17H2,1H3/b27-15-. The van der Waals surface area contributed by atoms with Crippen LogP contribution in [0.5, 0.6) is 11.5 Å². The smallest absolute Gasteiger partial charge is 0.293 e. The van der Waals surface area contributed by atoms with Crippen LogP contribution >= 0.6 is 35.0 Å². The van der Waals surface area contributed by atoms with Crippen molar-refractivity contribution in [1.29, 1.82) is 0 Å². The van der Waals surface area contributed by atoms with E-state index in [1.54, 1.807) is 42.5 Å². The quantitative estimate of drug-likeness (QED) is 0.219. The molecule has 0 radical (unpaired) electrons. The van der Waals surface area contributed by atoms with E-state index in [2.05, 4.69) is 0 Å². The largest absolute Gasteiger partial charge is 0.493 e. The molecule has 5 rings (SSSR count). The summed E-state index contributed by atoms with van der Waals surface area (Å²) in [5.41, 5.74) is 2.30. The zero-order valence-electron chi connectivity index (χ0n) is 19.7. The summed E-state index contributed by atoms with van der Waals surface area (Å²) >= 11 is 13.4. The van der Waals surface area contributed by atoms with Gasteiger partial charge in [0.05, 0.1) is 18.6 Å². The third-order valence-corrected chi connectivity index (χ3v) is 7.62. The zero-order valence-corrected chi connectivity index (χ0v) is 22.1. The van der Waals surface area contributed by atoms with Gasteiger partial charge < -0.3 is 9.47 Å². The molecule has 0 spiro atoms. The second-order valence-electron chi connectivity index (χ2n) is 8.31. The number of benzene rings is 4. The SMILES string of the molecule is COc1cc(/C=C2\SC(=O)N(Cc3cccc4ccccc34)C2=O)ccc1OCc1c(Cl)cccc1Cl. The molecule has 0 N–H and O–H groups in total. The minimum Gasteiger partial charge on any atom is -0.493 e. The van der Waals surface area contributed by atoms with Gasteiger partial charge in [-0.05, 0) is 64.0 Å². The second kappa shape index (κ2) is 10.9. The van der Waals surface area contributed by atoms with Crippen molar-refractivity contribution in [3.63, 3.8) is 0 Å². The molecule has 0 aliphatic carbocycles. The molecular weight excluding hydrogens is 529 g/mol. The van der Waals surface area contributed by atoms with Crippen LogP contribution in [0.15, 0.2) is 83.8 Å². The van der Waals surface area contributed by atoms with E-state index in [0.29, 0.717) is 37.6 Å². The van der Waals surface area contributed by atoms with Crippen LogP contribution in [0.4, 0.5) is 4.79 Å². The molecule has 0 aromatic heterocycles. The topological polar surface area (TPSA) is 55.8 Å². The number of carbonyl (C=O) groups is 2. The monoisotopic (exact) mass is 549 g/mol. The Labute approximate surface area is 228 Å². The van der Waals surface area contributed by atoms with Crippen molar-refractivity contribution in [2.24, 2.45) is 0 Å². The first-order valence-corrected chi connectivity index (χ1v) is 13.0. The Hall–Kier alpha value is -3.45. The molecule has 1 heterocycles. The highest BCUT2D eigenvalue weighted by atomic mass is 35.5. The molecule has 5 nitrogen and oxygen atoms in total. The van der Waals surface area contributed by atoms with E-state index in [1.807, 2.05) is 42.5 Å². The lowest BCUT2D eigenvalue weighted by Crippen LogP contribution is -2.27. The lowest BCUT2D eigenvalue weighted by atomic mass is 10.0. The molecule has 0 bridgehead atoms. The molecule has 1 saturated heterocycles. The van der Waals surface area contributed by atoms with Crippen LogP contribution < -0.4 is 9.47 Å². The van der Waals surface area contributed by atoms with Gasteiger partial charge in [-0.15, -0.1) is 0 Å². The van der Waals surface area contributed by atoms with Crippen molar-refractivity contribution < 1.29 is 19.1 Å². The number of rotatable bonds is 7. The Morgan fingerprint density at radius 1 is 0.892 bits per heavy atom. The number of ether oxygens (including phenoxy) is 2. The van der Waals surface area contributed by atoms with Crippen molar-refractivity contribution in [3.8, 4) is 11.5 Å². The fraction of sp³-hybridized carbons (Fsp3) is 0.103. The fourth-order valence-electron chi connectivity index (χ4n) is 4.10. The summed E-state index contributed by atoms with van der Waals surface area (Å²) in [7, 11) is 1.53. The van der Waals surface area contributed by atoms with E-state index in [4.69, 9.17) is 32.7 Å². The van der Waals surface area contributed by atoms with Gasteiger partial charge in [-0.1, -0.05) is 77.8 Å². The summed E-state index contributed by atoms with van der Waals surface area (Å²) < 4.78 is 11.4. The molecule has 8 heteroatoms. The number of halogens is 2. The minimum atomic E-state index is -0.324. The van der Waals surface area contributed by atoms with E-state index in [9.17, 15) is 9.59 Å². The molecule has 0 saturated carbocycles. The molecular formula is C29H21Cl2NO4S. The Morgan fingerprint density at radius 2 is 1.62 bits per heavy atom. The fourth-order valence-corrected chi connectivity index (χ4v) is 5.45. The highest BCUT2D eigenvalue weighted by Crippen LogP contribution is 2.36.